The molecule has 0 unspecified atom stereocenters. The van der Waals surface area contributed by atoms with Gasteiger partial charge in [0.25, 0.3) is 0 Å². The Morgan fingerprint density at radius 1 is 0.850 bits per heavy atom. The maximum absolute atomic E-state index is 10.1. The van der Waals surface area contributed by atoms with Crippen molar-refractivity contribution in [3.8, 4) is 17.0 Å². The van der Waals surface area contributed by atoms with Crippen LogP contribution in [0.4, 0.5) is 0 Å². The topological polar surface area (TPSA) is 61.8 Å². The van der Waals surface area contributed by atoms with E-state index in [1.807, 2.05) is 36.4 Å². The third-order valence-corrected chi connectivity index (χ3v) is 3.47. The average molecular weight is 261 g/mol. The second-order valence-corrected chi connectivity index (χ2v) is 4.66. The van der Waals surface area contributed by atoms with E-state index in [0.29, 0.717) is 0 Å². The maximum Gasteiger partial charge on any atom is 0.156 e. The Morgan fingerprint density at radius 2 is 1.60 bits per heavy atom. The van der Waals surface area contributed by atoms with Crippen molar-refractivity contribution >= 4 is 21.8 Å². The van der Waals surface area contributed by atoms with Crippen molar-refractivity contribution in [2.75, 3.05) is 0 Å². The molecule has 4 nitrogen and oxygen atoms in total. The van der Waals surface area contributed by atoms with E-state index in [0.717, 1.165) is 33.1 Å². The molecular weight excluding hydrogens is 250 g/mol. The van der Waals surface area contributed by atoms with Gasteiger partial charge in [0.1, 0.15) is 5.75 Å². The van der Waals surface area contributed by atoms with Gasteiger partial charge < -0.3 is 5.11 Å². The molecule has 0 aliphatic heterocycles. The maximum atomic E-state index is 10.1. The van der Waals surface area contributed by atoms with Crippen LogP contribution >= 0.6 is 0 Å². The van der Waals surface area contributed by atoms with Gasteiger partial charge >= 0.3 is 0 Å². The summed E-state index contributed by atoms with van der Waals surface area (Å²) in [5.41, 5.74) is 2.21. The molecular formula is C16H11N3O. The highest BCUT2D eigenvalue weighted by Crippen LogP contribution is 2.35. The number of aromatic hydroxyl groups is 1. The molecule has 0 saturated heterocycles. The number of phenols is 1. The van der Waals surface area contributed by atoms with Crippen LogP contribution < -0.4 is 0 Å². The van der Waals surface area contributed by atoms with E-state index in [9.17, 15) is 5.11 Å². The Bertz CT molecular complexity index is 927. The molecule has 0 radical (unpaired) electrons. The number of rotatable bonds is 1. The number of pyridine rings is 1. The molecule has 0 aliphatic rings. The van der Waals surface area contributed by atoms with Crippen LogP contribution in [0, 0.1) is 0 Å². The lowest BCUT2D eigenvalue weighted by molar-refractivity contribution is 0.477. The summed E-state index contributed by atoms with van der Waals surface area (Å²) in [4.78, 5) is 4.62. The number of nitrogens with zero attached hydrogens (tertiary/aromatic N) is 2. The SMILES string of the molecule is Oc1ccccc1-c1nc2[nH]ncc2c2ccccc12. The smallest absolute Gasteiger partial charge is 0.156 e. The summed E-state index contributed by atoms with van der Waals surface area (Å²) in [7, 11) is 0. The van der Waals surface area contributed by atoms with Gasteiger partial charge in [-0.1, -0.05) is 36.4 Å². The largest absolute Gasteiger partial charge is 0.507 e. The van der Waals surface area contributed by atoms with Crippen molar-refractivity contribution in [2.45, 2.75) is 0 Å². The molecule has 96 valence electrons. The van der Waals surface area contributed by atoms with E-state index in [1.165, 1.54) is 0 Å². The number of nitrogens with one attached hydrogen (secondary N) is 1. The minimum Gasteiger partial charge on any atom is -0.507 e. The highest BCUT2D eigenvalue weighted by Gasteiger charge is 2.13. The van der Waals surface area contributed by atoms with E-state index in [-0.39, 0.29) is 5.75 Å². The van der Waals surface area contributed by atoms with Gasteiger partial charge in [0.15, 0.2) is 5.65 Å². The first-order chi connectivity index (χ1) is 9.84. The first-order valence-corrected chi connectivity index (χ1v) is 6.35. The molecule has 2 aromatic carbocycles. The number of H-pyrrole nitrogens is 1. The van der Waals surface area contributed by atoms with Gasteiger partial charge in [0.2, 0.25) is 0 Å². The Kier molecular flexibility index (Phi) is 2.23. The van der Waals surface area contributed by atoms with Gasteiger partial charge in [0, 0.05) is 16.3 Å². The van der Waals surface area contributed by atoms with Crippen LogP contribution in [-0.2, 0) is 0 Å². The third-order valence-electron chi connectivity index (χ3n) is 3.47. The van der Waals surface area contributed by atoms with Gasteiger partial charge in [-0.25, -0.2) is 4.98 Å². The lowest BCUT2D eigenvalue weighted by atomic mass is 10.0. The van der Waals surface area contributed by atoms with Crippen LogP contribution in [-0.4, -0.2) is 20.3 Å². The Morgan fingerprint density at radius 3 is 2.45 bits per heavy atom. The van der Waals surface area contributed by atoms with Gasteiger partial charge in [-0.3, -0.25) is 5.10 Å². The zero-order valence-corrected chi connectivity index (χ0v) is 10.5. The minimum absolute atomic E-state index is 0.226. The van der Waals surface area contributed by atoms with E-state index in [4.69, 9.17) is 0 Å². The second-order valence-electron chi connectivity index (χ2n) is 4.66. The van der Waals surface area contributed by atoms with Crippen molar-refractivity contribution in [3.05, 3.63) is 54.7 Å². The summed E-state index contributed by atoms with van der Waals surface area (Å²) in [6, 6.07) is 15.2. The zero-order chi connectivity index (χ0) is 13.5. The number of benzene rings is 2. The Hall–Kier alpha value is -2.88. The highest BCUT2D eigenvalue weighted by atomic mass is 16.3. The average Bonchev–Trinajstić information content (AvgIpc) is 2.96. The van der Waals surface area contributed by atoms with Crippen molar-refractivity contribution in [3.63, 3.8) is 0 Å². The summed E-state index contributed by atoms with van der Waals surface area (Å²) in [6.07, 6.45) is 1.78. The molecule has 4 heteroatoms. The highest BCUT2D eigenvalue weighted by molar-refractivity contribution is 6.10. The number of phenolic OH excluding ortho intramolecular Hbond substituents is 1. The van der Waals surface area contributed by atoms with Crippen molar-refractivity contribution < 1.29 is 5.11 Å². The Balaban J connectivity index is 2.19. The van der Waals surface area contributed by atoms with Crippen LogP contribution in [0.15, 0.2) is 54.7 Å². The zero-order valence-electron chi connectivity index (χ0n) is 10.5. The monoisotopic (exact) mass is 261 g/mol. The summed E-state index contributed by atoms with van der Waals surface area (Å²) in [5.74, 6) is 0.226. The number of aromatic amines is 1. The van der Waals surface area contributed by atoms with E-state index < -0.39 is 0 Å². The standard InChI is InChI=1S/C16H11N3O/c20-14-8-4-3-7-12(14)15-11-6-2-1-5-10(11)13-9-17-19-16(13)18-15/h1-9,20H,(H,17,18,19). The summed E-state index contributed by atoms with van der Waals surface area (Å²) in [6.45, 7) is 0. The molecule has 0 bridgehead atoms. The number of para-hydroxylation sites is 1. The molecule has 2 heterocycles. The molecule has 2 aromatic heterocycles. The quantitative estimate of drug-likeness (QED) is 0.551. The first-order valence-electron chi connectivity index (χ1n) is 6.35. The van der Waals surface area contributed by atoms with Crippen LogP contribution in [0.2, 0.25) is 0 Å². The Labute approximate surface area is 114 Å². The predicted octanol–water partition coefficient (Wildman–Crippen LogP) is 3.48. The fourth-order valence-electron chi connectivity index (χ4n) is 2.54. The summed E-state index contributed by atoms with van der Waals surface area (Å²) < 4.78 is 0. The van der Waals surface area contributed by atoms with E-state index >= 15 is 0 Å². The van der Waals surface area contributed by atoms with Crippen LogP contribution in [0.1, 0.15) is 0 Å². The molecule has 20 heavy (non-hydrogen) atoms. The molecule has 0 amide bonds. The fraction of sp³-hybridized carbons (Fsp3) is 0. The molecule has 2 N–H and O–H groups in total. The normalized spacial score (nSPS) is 11.2. The molecule has 4 aromatic rings. The van der Waals surface area contributed by atoms with Gasteiger partial charge in [-0.15, -0.1) is 0 Å². The van der Waals surface area contributed by atoms with Crippen LogP contribution in [0.25, 0.3) is 33.1 Å². The number of hydrogen-bond donors (Lipinski definition) is 2. The van der Waals surface area contributed by atoms with E-state index in [1.54, 1.807) is 18.3 Å². The molecule has 0 aliphatic carbocycles. The molecule has 0 spiro atoms. The number of fused-ring (bicyclic) bond motifs is 3. The summed E-state index contributed by atoms with van der Waals surface area (Å²) in [5, 5.41) is 20.1. The number of hydrogen-bond acceptors (Lipinski definition) is 3. The second kappa shape index (κ2) is 4.06. The predicted molar refractivity (Wildman–Crippen MR) is 78.5 cm³/mol. The van der Waals surface area contributed by atoms with Crippen molar-refractivity contribution in [2.24, 2.45) is 0 Å². The van der Waals surface area contributed by atoms with Gasteiger partial charge in [0.05, 0.1) is 11.9 Å². The van der Waals surface area contributed by atoms with Crippen molar-refractivity contribution in [1.82, 2.24) is 15.2 Å². The molecule has 0 atom stereocenters. The fourth-order valence-corrected chi connectivity index (χ4v) is 2.54. The van der Waals surface area contributed by atoms with Gasteiger partial charge in [-0.2, -0.15) is 5.10 Å². The van der Waals surface area contributed by atoms with Crippen molar-refractivity contribution in [1.29, 1.82) is 0 Å². The lowest BCUT2D eigenvalue weighted by Gasteiger charge is -2.08. The number of aromatic nitrogens is 3. The third kappa shape index (κ3) is 1.48. The lowest BCUT2D eigenvalue weighted by Crippen LogP contribution is -1.89. The van der Waals surface area contributed by atoms with Crippen LogP contribution in [0.5, 0.6) is 5.75 Å². The van der Waals surface area contributed by atoms with Gasteiger partial charge in [-0.05, 0) is 17.5 Å². The molecule has 0 fully saturated rings. The molecule has 0 saturated carbocycles. The van der Waals surface area contributed by atoms with Crippen LogP contribution in [0.3, 0.4) is 0 Å². The first kappa shape index (κ1) is 11.0. The molecule has 4 rings (SSSR count). The van der Waals surface area contributed by atoms with E-state index in [2.05, 4.69) is 15.2 Å². The minimum atomic E-state index is 0.226. The summed E-state index contributed by atoms with van der Waals surface area (Å²) >= 11 is 0.